The van der Waals surface area contributed by atoms with Gasteiger partial charge in [-0.1, -0.05) is 6.92 Å². The van der Waals surface area contributed by atoms with Crippen molar-refractivity contribution >= 4 is 15.8 Å². The number of carbonyl (C=O) groups excluding carboxylic acids is 1. The van der Waals surface area contributed by atoms with Crippen molar-refractivity contribution < 1.29 is 35.9 Å². The van der Waals surface area contributed by atoms with Crippen LogP contribution in [0.2, 0.25) is 0 Å². The number of halogens is 3. The Bertz CT molecular complexity index is 652. The average Bonchev–Trinajstić information content (AvgIpc) is 2.45. The molecule has 22 heavy (non-hydrogen) atoms. The predicted molar refractivity (Wildman–Crippen MR) is 71.7 cm³/mol. The number of hydrogen-bond donors (Lipinski definition) is 0. The lowest BCUT2D eigenvalue weighted by molar-refractivity contribution is -0.189. The summed E-state index contributed by atoms with van der Waals surface area (Å²) in [5.41, 5.74) is -0.381. The zero-order valence-corrected chi connectivity index (χ0v) is 12.9. The van der Waals surface area contributed by atoms with Crippen LogP contribution in [0.4, 0.5) is 13.2 Å². The second kappa shape index (κ2) is 6.55. The Kier molecular flexibility index (Phi) is 5.44. The highest BCUT2D eigenvalue weighted by Crippen LogP contribution is 2.29. The van der Waals surface area contributed by atoms with Crippen LogP contribution in [0.25, 0.3) is 0 Å². The highest BCUT2D eigenvalue weighted by Gasteiger charge is 2.38. The maximum atomic E-state index is 12.5. The van der Waals surface area contributed by atoms with Crippen LogP contribution in [0, 0.1) is 0 Å². The summed E-state index contributed by atoms with van der Waals surface area (Å²) >= 11 is 0. The zero-order valence-electron chi connectivity index (χ0n) is 12.1. The molecule has 0 bridgehead atoms. The van der Waals surface area contributed by atoms with Crippen molar-refractivity contribution in [3.05, 3.63) is 23.8 Å². The molecule has 1 rings (SSSR count). The summed E-state index contributed by atoms with van der Waals surface area (Å²) in [5, 5.41) is 0. The van der Waals surface area contributed by atoms with Gasteiger partial charge in [-0.3, -0.25) is 0 Å². The van der Waals surface area contributed by atoms with E-state index in [4.69, 9.17) is 4.74 Å². The third-order valence-corrected chi connectivity index (χ3v) is 4.59. The van der Waals surface area contributed by atoms with E-state index in [1.54, 1.807) is 0 Å². The molecule has 1 atom stereocenters. The fourth-order valence-electron chi connectivity index (χ4n) is 1.50. The van der Waals surface area contributed by atoms with Gasteiger partial charge in [0.05, 0.1) is 17.8 Å². The number of ether oxygens (including phenoxy) is 2. The largest absolute Gasteiger partial charge is 0.480 e. The summed E-state index contributed by atoms with van der Waals surface area (Å²) < 4.78 is 70.3. The van der Waals surface area contributed by atoms with Crippen molar-refractivity contribution in [3.63, 3.8) is 0 Å². The van der Waals surface area contributed by atoms with Gasteiger partial charge in [0.1, 0.15) is 11.3 Å². The summed E-state index contributed by atoms with van der Waals surface area (Å²) in [6, 6.07) is 3.05. The van der Waals surface area contributed by atoms with Crippen LogP contribution in [0.5, 0.6) is 5.75 Å². The molecule has 0 heterocycles. The third-order valence-electron chi connectivity index (χ3n) is 2.86. The molecule has 0 radical (unpaired) electrons. The minimum Gasteiger partial charge on any atom is -0.480 e. The molecule has 0 aromatic heterocycles. The van der Waals surface area contributed by atoms with Gasteiger partial charge in [-0.15, -0.1) is 0 Å². The van der Waals surface area contributed by atoms with Gasteiger partial charge in [-0.25, -0.2) is 13.2 Å². The summed E-state index contributed by atoms with van der Waals surface area (Å²) in [6.07, 6.45) is -6.79. The van der Waals surface area contributed by atoms with Gasteiger partial charge in [0.2, 0.25) is 0 Å². The monoisotopic (exact) mass is 340 g/mol. The normalized spacial score (nSPS) is 13.5. The number of benzene rings is 1. The Hall–Kier alpha value is -1.77. The van der Waals surface area contributed by atoms with Crippen molar-refractivity contribution in [1.29, 1.82) is 0 Å². The van der Waals surface area contributed by atoms with Gasteiger partial charge in [0.25, 0.3) is 0 Å². The average molecular weight is 340 g/mol. The lowest BCUT2D eigenvalue weighted by Crippen LogP contribution is -2.31. The van der Waals surface area contributed by atoms with E-state index >= 15 is 0 Å². The fraction of sp³-hybridized carbons (Fsp3) is 0.462. The van der Waals surface area contributed by atoms with Crippen molar-refractivity contribution in [2.24, 2.45) is 0 Å². The first-order valence-corrected chi connectivity index (χ1v) is 7.86. The standard InChI is InChI=1S/C13H15F3O5S/c1-4-22(18,19)9-5-6-11(10(7-9)12(17)20-3)21-8(2)13(14,15)16/h5-8H,4H2,1-3H3/t8-/m0/s1. The minimum atomic E-state index is -4.62. The summed E-state index contributed by atoms with van der Waals surface area (Å²) in [5.74, 6) is -1.60. The molecule has 0 aliphatic carbocycles. The molecule has 1 aromatic carbocycles. The second-order valence-corrected chi connectivity index (χ2v) is 6.63. The van der Waals surface area contributed by atoms with Crippen molar-refractivity contribution in [3.8, 4) is 5.75 Å². The molecule has 0 aliphatic heterocycles. The first-order chi connectivity index (χ1) is 10.0. The first kappa shape index (κ1) is 18.3. The number of esters is 1. The van der Waals surface area contributed by atoms with Crippen LogP contribution in [-0.4, -0.2) is 39.5 Å². The van der Waals surface area contributed by atoms with Crippen molar-refractivity contribution in [2.45, 2.75) is 31.0 Å². The summed E-state index contributed by atoms with van der Waals surface area (Å²) in [6.45, 7) is 2.18. The molecule has 0 N–H and O–H groups in total. The number of methoxy groups -OCH3 is 1. The van der Waals surface area contributed by atoms with Crippen molar-refractivity contribution in [1.82, 2.24) is 0 Å². The molecular weight excluding hydrogens is 325 g/mol. The van der Waals surface area contributed by atoms with E-state index < -0.39 is 33.8 Å². The molecule has 0 spiro atoms. The van der Waals surface area contributed by atoms with Crippen LogP contribution < -0.4 is 4.74 Å². The lowest BCUT2D eigenvalue weighted by atomic mass is 10.2. The van der Waals surface area contributed by atoms with E-state index in [1.165, 1.54) is 6.92 Å². The number of hydrogen-bond acceptors (Lipinski definition) is 5. The maximum Gasteiger partial charge on any atom is 0.425 e. The van der Waals surface area contributed by atoms with Crippen LogP contribution in [0.1, 0.15) is 24.2 Å². The Balaban J connectivity index is 3.32. The van der Waals surface area contributed by atoms with E-state index in [1.807, 2.05) is 0 Å². The van der Waals surface area contributed by atoms with Gasteiger partial charge < -0.3 is 9.47 Å². The molecular formula is C13H15F3O5S. The van der Waals surface area contributed by atoms with Crippen LogP contribution in [-0.2, 0) is 14.6 Å². The van der Waals surface area contributed by atoms with Crippen LogP contribution >= 0.6 is 0 Å². The third kappa shape index (κ3) is 4.12. The number of alkyl halides is 3. The number of sulfone groups is 1. The maximum absolute atomic E-state index is 12.5. The Morgan fingerprint density at radius 1 is 1.32 bits per heavy atom. The molecule has 1 aromatic rings. The van der Waals surface area contributed by atoms with Crippen molar-refractivity contribution in [2.75, 3.05) is 12.9 Å². The molecule has 0 saturated carbocycles. The zero-order chi connectivity index (χ0) is 17.1. The Morgan fingerprint density at radius 3 is 2.36 bits per heavy atom. The number of carbonyl (C=O) groups is 1. The molecule has 5 nitrogen and oxygen atoms in total. The second-order valence-electron chi connectivity index (χ2n) is 4.35. The molecule has 0 aliphatic rings. The molecule has 0 saturated heterocycles. The van der Waals surface area contributed by atoms with E-state index in [0.717, 1.165) is 32.2 Å². The van der Waals surface area contributed by atoms with Gasteiger partial charge in [-0.05, 0) is 25.1 Å². The van der Waals surface area contributed by atoms with E-state index in [2.05, 4.69) is 4.74 Å². The molecule has 0 amide bonds. The predicted octanol–water partition coefficient (Wildman–Crippen LogP) is 2.60. The highest BCUT2D eigenvalue weighted by atomic mass is 32.2. The van der Waals surface area contributed by atoms with Crippen LogP contribution in [0.3, 0.4) is 0 Å². The topological polar surface area (TPSA) is 69.7 Å². The quantitative estimate of drug-likeness (QED) is 0.771. The van der Waals surface area contributed by atoms with E-state index in [-0.39, 0.29) is 16.2 Å². The highest BCUT2D eigenvalue weighted by molar-refractivity contribution is 7.91. The minimum absolute atomic E-state index is 0.192. The lowest BCUT2D eigenvalue weighted by Gasteiger charge is -2.19. The van der Waals surface area contributed by atoms with E-state index in [0.29, 0.717) is 0 Å². The first-order valence-electron chi connectivity index (χ1n) is 6.21. The molecule has 124 valence electrons. The van der Waals surface area contributed by atoms with Crippen LogP contribution in [0.15, 0.2) is 23.1 Å². The van der Waals surface area contributed by atoms with Gasteiger partial charge in [-0.2, -0.15) is 13.2 Å². The Morgan fingerprint density at radius 2 is 1.91 bits per heavy atom. The molecule has 9 heteroatoms. The van der Waals surface area contributed by atoms with Gasteiger partial charge >= 0.3 is 12.1 Å². The van der Waals surface area contributed by atoms with Gasteiger partial charge in [0.15, 0.2) is 15.9 Å². The summed E-state index contributed by atoms with van der Waals surface area (Å²) in [7, 11) is -2.59. The Labute approximate surface area is 125 Å². The van der Waals surface area contributed by atoms with Gasteiger partial charge in [0, 0.05) is 0 Å². The fourth-order valence-corrected chi connectivity index (χ4v) is 2.40. The smallest absolute Gasteiger partial charge is 0.425 e. The van der Waals surface area contributed by atoms with E-state index in [9.17, 15) is 26.4 Å². The summed E-state index contributed by atoms with van der Waals surface area (Å²) in [4.78, 5) is 11.5. The number of rotatable bonds is 5. The molecule has 0 fully saturated rings. The molecule has 0 unspecified atom stereocenters. The SMILES string of the molecule is CCS(=O)(=O)c1ccc(O[C@@H](C)C(F)(F)F)c(C(=O)OC)c1.